The molecule has 0 radical (unpaired) electrons. The lowest BCUT2D eigenvalue weighted by molar-refractivity contribution is 0.0955. The van der Waals surface area contributed by atoms with Gasteiger partial charge in [0.15, 0.2) is 0 Å². The number of benzene rings is 2. The van der Waals surface area contributed by atoms with Gasteiger partial charge in [-0.05, 0) is 74.4 Å². The zero-order valence-corrected chi connectivity index (χ0v) is 19.2. The maximum atomic E-state index is 12.9. The first-order chi connectivity index (χ1) is 14.5. The third-order valence-corrected chi connectivity index (χ3v) is 7.76. The van der Waals surface area contributed by atoms with E-state index in [4.69, 9.17) is 0 Å². The zero-order chi connectivity index (χ0) is 22.6. The Kier molecular flexibility index (Phi) is 5.16. The molecule has 0 spiro atoms. The molecule has 31 heavy (non-hydrogen) atoms. The molecule has 2 aromatic carbocycles. The van der Waals surface area contributed by atoms with Gasteiger partial charge in [-0.3, -0.25) is 13.5 Å². The average Bonchev–Trinajstić information content (AvgIpc) is 3.49. The van der Waals surface area contributed by atoms with E-state index < -0.39 is 21.8 Å². The summed E-state index contributed by atoms with van der Waals surface area (Å²) in [4.78, 5) is 13.1. The van der Waals surface area contributed by atoms with Crippen molar-refractivity contribution in [3.8, 4) is 11.1 Å². The number of amides is 1. The van der Waals surface area contributed by atoms with Crippen molar-refractivity contribution in [3.05, 3.63) is 48.0 Å². The molecule has 1 saturated carbocycles. The van der Waals surface area contributed by atoms with Crippen molar-refractivity contribution < 1.29 is 18.3 Å². The third kappa shape index (κ3) is 4.08. The molecular formula is C23H29N3O4S. The molecule has 7 nitrogen and oxygen atoms in total. The number of rotatable bonds is 5. The lowest BCUT2D eigenvalue weighted by Gasteiger charge is -2.33. The van der Waals surface area contributed by atoms with E-state index in [1.807, 2.05) is 63.2 Å². The first kappa shape index (κ1) is 21.5. The second-order valence-corrected chi connectivity index (χ2v) is 11.3. The zero-order valence-electron chi connectivity index (χ0n) is 18.4. The summed E-state index contributed by atoms with van der Waals surface area (Å²) < 4.78 is 28.6. The lowest BCUT2D eigenvalue weighted by Crippen LogP contribution is -2.44. The van der Waals surface area contributed by atoms with Crippen LogP contribution in [0.2, 0.25) is 0 Å². The van der Waals surface area contributed by atoms with Crippen molar-refractivity contribution in [2.45, 2.75) is 45.7 Å². The highest BCUT2D eigenvalue weighted by atomic mass is 32.2. The molecule has 166 valence electrons. The molecule has 1 fully saturated rings. The number of fused-ring (bicyclic) bond motifs is 1. The van der Waals surface area contributed by atoms with Crippen LogP contribution in [0.4, 0.5) is 16.2 Å². The molecule has 4 rings (SSSR count). The predicted octanol–water partition coefficient (Wildman–Crippen LogP) is 4.54. The Morgan fingerprint density at radius 3 is 2.39 bits per heavy atom. The summed E-state index contributed by atoms with van der Waals surface area (Å²) in [6.07, 6.45) is 1.20. The Labute approximate surface area is 184 Å². The van der Waals surface area contributed by atoms with Crippen LogP contribution in [0.3, 0.4) is 0 Å². The van der Waals surface area contributed by atoms with Gasteiger partial charge in [-0.2, -0.15) is 8.42 Å². The number of hydrogen-bond donors (Lipinski definition) is 1. The molecule has 0 bridgehead atoms. The average molecular weight is 444 g/mol. The van der Waals surface area contributed by atoms with Crippen LogP contribution >= 0.6 is 0 Å². The molecule has 0 atom stereocenters. The van der Waals surface area contributed by atoms with E-state index in [2.05, 4.69) is 0 Å². The van der Waals surface area contributed by atoms with Gasteiger partial charge in [0.05, 0.1) is 11.4 Å². The lowest BCUT2D eigenvalue weighted by atomic mass is 10.00. The smallest absolute Gasteiger partial charge is 0.408 e. The predicted molar refractivity (Wildman–Crippen MR) is 123 cm³/mol. The van der Waals surface area contributed by atoms with Gasteiger partial charge in [-0.25, -0.2) is 4.79 Å². The topological polar surface area (TPSA) is 81.2 Å². The molecule has 2 aromatic rings. The van der Waals surface area contributed by atoms with Crippen LogP contribution in [-0.4, -0.2) is 43.6 Å². The highest BCUT2D eigenvalue weighted by molar-refractivity contribution is 7.94. The first-order valence-electron chi connectivity index (χ1n) is 10.5. The van der Waals surface area contributed by atoms with Crippen LogP contribution < -0.4 is 8.61 Å². The highest BCUT2D eigenvalue weighted by Crippen LogP contribution is 2.44. The molecule has 0 unspecified atom stereocenters. The van der Waals surface area contributed by atoms with Crippen molar-refractivity contribution in [1.82, 2.24) is 4.90 Å². The van der Waals surface area contributed by atoms with Crippen molar-refractivity contribution in [2.75, 3.05) is 22.2 Å². The van der Waals surface area contributed by atoms with Crippen LogP contribution in [0.1, 0.15) is 39.2 Å². The van der Waals surface area contributed by atoms with E-state index in [1.54, 1.807) is 7.05 Å². The fourth-order valence-corrected chi connectivity index (χ4v) is 5.41. The van der Waals surface area contributed by atoms with Crippen molar-refractivity contribution >= 4 is 27.7 Å². The SMILES string of the molecule is CN1c2cc(-c3cccc(CN(C(=O)O)C(C)(C)C)c3)ccc2N(CC2CC2)S1(=O)=O. The van der Waals surface area contributed by atoms with Crippen LogP contribution in [0.25, 0.3) is 11.1 Å². The normalized spacial score (nSPS) is 17.5. The summed E-state index contributed by atoms with van der Waals surface area (Å²) in [5.74, 6) is 0.450. The summed E-state index contributed by atoms with van der Waals surface area (Å²) in [5.41, 5.74) is 3.58. The van der Waals surface area contributed by atoms with E-state index in [-0.39, 0.29) is 6.54 Å². The maximum Gasteiger partial charge on any atom is 0.408 e. The van der Waals surface area contributed by atoms with Gasteiger partial charge >= 0.3 is 16.3 Å². The Morgan fingerprint density at radius 1 is 1.10 bits per heavy atom. The largest absolute Gasteiger partial charge is 0.465 e. The Bertz CT molecular complexity index is 1120. The molecule has 1 aliphatic heterocycles. The van der Waals surface area contributed by atoms with E-state index in [9.17, 15) is 18.3 Å². The fraction of sp³-hybridized carbons (Fsp3) is 0.435. The van der Waals surface area contributed by atoms with E-state index >= 15 is 0 Å². The van der Waals surface area contributed by atoms with Gasteiger partial charge in [0.25, 0.3) is 0 Å². The Hall–Kier alpha value is -2.74. The minimum absolute atomic E-state index is 0.279. The van der Waals surface area contributed by atoms with Gasteiger partial charge in [0.2, 0.25) is 0 Å². The van der Waals surface area contributed by atoms with E-state index in [1.165, 1.54) is 13.5 Å². The second kappa shape index (κ2) is 7.44. The van der Waals surface area contributed by atoms with Crippen LogP contribution in [0.15, 0.2) is 42.5 Å². The van der Waals surface area contributed by atoms with Crippen LogP contribution in [-0.2, 0) is 16.8 Å². The molecule has 1 heterocycles. The van der Waals surface area contributed by atoms with Crippen LogP contribution in [0, 0.1) is 5.92 Å². The summed E-state index contributed by atoms with van der Waals surface area (Å²) >= 11 is 0. The van der Waals surface area contributed by atoms with Crippen molar-refractivity contribution in [2.24, 2.45) is 5.92 Å². The van der Waals surface area contributed by atoms with Crippen LogP contribution in [0.5, 0.6) is 0 Å². The van der Waals surface area contributed by atoms with E-state index in [0.29, 0.717) is 18.2 Å². The third-order valence-electron chi connectivity index (χ3n) is 5.97. The van der Waals surface area contributed by atoms with Gasteiger partial charge in [0.1, 0.15) is 0 Å². The molecule has 0 saturated heterocycles. The molecule has 8 heteroatoms. The summed E-state index contributed by atoms with van der Waals surface area (Å²) in [6.45, 7) is 6.42. The number of anilines is 2. The minimum atomic E-state index is -3.53. The monoisotopic (exact) mass is 443 g/mol. The quantitative estimate of drug-likeness (QED) is 0.735. The first-order valence-corrected chi connectivity index (χ1v) is 11.9. The minimum Gasteiger partial charge on any atom is -0.465 e. The molecular weight excluding hydrogens is 414 g/mol. The van der Waals surface area contributed by atoms with Gasteiger partial charge in [-0.15, -0.1) is 0 Å². The molecule has 1 aliphatic carbocycles. The maximum absolute atomic E-state index is 12.9. The van der Waals surface area contributed by atoms with Gasteiger partial charge in [-0.1, -0.05) is 24.3 Å². The number of carbonyl (C=O) groups is 1. The van der Waals surface area contributed by atoms with Crippen molar-refractivity contribution in [3.63, 3.8) is 0 Å². The standard InChI is InChI=1S/C23H29N3O4S/c1-23(2,3)25(22(27)28)14-17-6-5-7-18(12-17)19-10-11-20-21(13-19)24(4)31(29,30)26(20)15-16-8-9-16/h5-7,10-13,16H,8-9,14-15H2,1-4H3,(H,27,28). The number of carboxylic acid groups (broad SMARTS) is 1. The number of hydrogen-bond acceptors (Lipinski definition) is 3. The molecule has 1 amide bonds. The molecule has 1 N–H and O–H groups in total. The second-order valence-electron chi connectivity index (χ2n) is 9.39. The summed E-state index contributed by atoms with van der Waals surface area (Å²) in [5, 5.41) is 9.59. The molecule has 2 aliphatic rings. The Balaban J connectivity index is 1.65. The van der Waals surface area contributed by atoms with Crippen molar-refractivity contribution in [1.29, 1.82) is 0 Å². The Morgan fingerprint density at radius 2 is 1.77 bits per heavy atom. The summed E-state index contributed by atoms with van der Waals surface area (Å²) in [7, 11) is -1.94. The van der Waals surface area contributed by atoms with Gasteiger partial charge in [0, 0.05) is 25.7 Å². The highest BCUT2D eigenvalue weighted by Gasteiger charge is 2.41. The summed E-state index contributed by atoms with van der Waals surface area (Å²) in [6, 6.07) is 13.4. The molecule has 0 aromatic heterocycles. The number of nitrogens with zero attached hydrogens (tertiary/aromatic N) is 3. The fourth-order valence-electron chi connectivity index (χ4n) is 3.91. The van der Waals surface area contributed by atoms with Gasteiger partial charge < -0.3 is 5.11 Å². The van der Waals surface area contributed by atoms with E-state index in [0.717, 1.165) is 35.2 Å².